The first-order chi connectivity index (χ1) is 12.0. The molecule has 3 rings (SSSR count). The molecule has 8 heteroatoms. The highest BCUT2D eigenvalue weighted by molar-refractivity contribution is 7.22. The predicted molar refractivity (Wildman–Crippen MR) is 110 cm³/mol. The molecule has 2 aromatic heterocycles. The second-order valence-electron chi connectivity index (χ2n) is 6.21. The van der Waals surface area contributed by atoms with Crippen LogP contribution in [0.15, 0.2) is 30.5 Å². The summed E-state index contributed by atoms with van der Waals surface area (Å²) >= 11 is 1.56. The Balaban J connectivity index is 0.00000243. The van der Waals surface area contributed by atoms with Gasteiger partial charge in [0.1, 0.15) is 5.69 Å². The van der Waals surface area contributed by atoms with Crippen LogP contribution in [-0.4, -0.2) is 52.8 Å². The fourth-order valence-electron chi connectivity index (χ4n) is 2.70. The number of amides is 1. The minimum atomic E-state index is -0.0704. The third kappa shape index (κ3) is 4.06. The van der Waals surface area contributed by atoms with Gasteiger partial charge in [0, 0.05) is 26.3 Å². The van der Waals surface area contributed by atoms with E-state index in [0.717, 1.165) is 28.3 Å². The van der Waals surface area contributed by atoms with Crippen molar-refractivity contribution in [2.24, 2.45) is 7.05 Å². The first-order valence-corrected chi connectivity index (χ1v) is 9.16. The first kappa shape index (κ1) is 20.4. The molecule has 1 aromatic carbocycles. The number of likely N-dealkylation sites (N-methyl/N-ethyl adjacent to an activating group) is 1. The molecule has 26 heavy (non-hydrogen) atoms. The molecule has 3 aromatic rings. The summed E-state index contributed by atoms with van der Waals surface area (Å²) in [7, 11) is 5.78. The first-order valence-electron chi connectivity index (χ1n) is 8.34. The lowest BCUT2D eigenvalue weighted by molar-refractivity contribution is 0.0976. The average molecular weight is 394 g/mol. The Kier molecular flexibility index (Phi) is 6.75. The highest BCUT2D eigenvalue weighted by Crippen LogP contribution is 2.31. The van der Waals surface area contributed by atoms with Gasteiger partial charge in [0.15, 0.2) is 5.13 Å². The van der Waals surface area contributed by atoms with E-state index in [1.54, 1.807) is 40.2 Å². The van der Waals surface area contributed by atoms with Crippen LogP contribution in [0.5, 0.6) is 0 Å². The molecule has 0 saturated heterocycles. The van der Waals surface area contributed by atoms with Crippen molar-refractivity contribution < 1.29 is 4.79 Å². The van der Waals surface area contributed by atoms with Gasteiger partial charge in [-0.1, -0.05) is 30.4 Å². The number of hydrogen-bond donors (Lipinski definition) is 0. The summed E-state index contributed by atoms with van der Waals surface area (Å²) in [6.07, 6.45) is 2.57. The van der Waals surface area contributed by atoms with Crippen molar-refractivity contribution >= 4 is 45.0 Å². The topological polar surface area (TPSA) is 54.3 Å². The van der Waals surface area contributed by atoms with E-state index in [-0.39, 0.29) is 18.3 Å². The van der Waals surface area contributed by atoms with E-state index in [9.17, 15) is 4.79 Å². The Hall–Kier alpha value is -1.96. The summed E-state index contributed by atoms with van der Waals surface area (Å²) in [6.45, 7) is 3.47. The smallest absolute Gasteiger partial charge is 0.278 e. The number of anilines is 1. The van der Waals surface area contributed by atoms with E-state index in [0.29, 0.717) is 12.2 Å². The van der Waals surface area contributed by atoms with Gasteiger partial charge in [0.05, 0.1) is 10.2 Å². The Morgan fingerprint density at radius 1 is 1.23 bits per heavy atom. The van der Waals surface area contributed by atoms with Crippen LogP contribution in [0.3, 0.4) is 0 Å². The number of rotatable bonds is 6. The van der Waals surface area contributed by atoms with E-state index in [2.05, 4.69) is 35.1 Å². The molecule has 2 heterocycles. The molecule has 0 spiro atoms. The number of halogens is 1. The second kappa shape index (κ2) is 8.62. The van der Waals surface area contributed by atoms with Crippen molar-refractivity contribution in [3.05, 3.63) is 41.7 Å². The molecular formula is C18H24ClN5OS. The summed E-state index contributed by atoms with van der Waals surface area (Å²) in [5.41, 5.74) is 2.77. The van der Waals surface area contributed by atoms with E-state index in [1.165, 1.54) is 5.56 Å². The molecule has 0 saturated carbocycles. The van der Waals surface area contributed by atoms with Gasteiger partial charge in [-0.2, -0.15) is 5.10 Å². The fraction of sp³-hybridized carbons (Fsp3) is 0.389. The second-order valence-corrected chi connectivity index (χ2v) is 7.22. The van der Waals surface area contributed by atoms with Gasteiger partial charge in [0.2, 0.25) is 0 Å². The molecule has 0 aliphatic carbocycles. The number of carbonyl (C=O) groups excluding carboxylic acids is 1. The van der Waals surface area contributed by atoms with Gasteiger partial charge in [-0.25, -0.2) is 4.98 Å². The largest absolute Gasteiger partial charge is 0.308 e. The van der Waals surface area contributed by atoms with Gasteiger partial charge in [-0.05, 0) is 38.2 Å². The molecule has 1 amide bonds. The molecule has 0 atom stereocenters. The lowest BCUT2D eigenvalue weighted by Gasteiger charge is -2.21. The van der Waals surface area contributed by atoms with E-state index < -0.39 is 0 Å². The summed E-state index contributed by atoms with van der Waals surface area (Å²) in [5.74, 6) is -0.0704. The SMILES string of the molecule is CCc1cccc2sc(N(CCN(C)C)C(=O)c3ccnn3C)nc12.Cl. The number of para-hydroxylation sites is 1. The molecule has 6 nitrogen and oxygen atoms in total. The van der Waals surface area contributed by atoms with Crippen LogP contribution in [0.1, 0.15) is 23.0 Å². The summed E-state index contributed by atoms with van der Waals surface area (Å²) < 4.78 is 2.72. The summed E-state index contributed by atoms with van der Waals surface area (Å²) in [5, 5.41) is 4.86. The van der Waals surface area contributed by atoms with Gasteiger partial charge >= 0.3 is 0 Å². The van der Waals surface area contributed by atoms with Crippen molar-refractivity contribution in [2.75, 3.05) is 32.1 Å². The van der Waals surface area contributed by atoms with Crippen LogP contribution in [0.4, 0.5) is 5.13 Å². The molecule has 0 aliphatic rings. The number of thiazole rings is 1. The number of carbonyl (C=O) groups is 1. The van der Waals surface area contributed by atoms with Gasteiger partial charge in [-0.15, -0.1) is 12.4 Å². The third-order valence-corrected chi connectivity index (χ3v) is 5.20. The van der Waals surface area contributed by atoms with Crippen LogP contribution < -0.4 is 4.90 Å². The average Bonchev–Trinajstić information content (AvgIpc) is 3.20. The molecule has 0 N–H and O–H groups in total. The molecule has 0 aliphatic heterocycles. The monoisotopic (exact) mass is 393 g/mol. The predicted octanol–water partition coefficient (Wildman–Crippen LogP) is 3.22. The Labute approximate surface area is 163 Å². The number of fused-ring (bicyclic) bond motifs is 1. The Bertz CT molecular complexity index is 889. The normalized spacial score (nSPS) is 11.0. The van der Waals surface area contributed by atoms with Crippen LogP contribution in [0, 0.1) is 0 Å². The Morgan fingerprint density at radius 2 is 2.00 bits per heavy atom. The number of nitrogens with zero attached hydrogens (tertiary/aromatic N) is 5. The van der Waals surface area contributed by atoms with Crippen LogP contribution >= 0.6 is 23.7 Å². The minimum Gasteiger partial charge on any atom is -0.308 e. The lowest BCUT2D eigenvalue weighted by atomic mass is 10.1. The number of aryl methyl sites for hydroxylation is 2. The minimum absolute atomic E-state index is 0. The maximum absolute atomic E-state index is 13.1. The van der Waals surface area contributed by atoms with E-state index in [4.69, 9.17) is 4.98 Å². The number of hydrogen-bond acceptors (Lipinski definition) is 5. The van der Waals surface area contributed by atoms with Crippen molar-refractivity contribution in [1.29, 1.82) is 0 Å². The lowest BCUT2D eigenvalue weighted by Crippen LogP contribution is -2.37. The van der Waals surface area contributed by atoms with Crippen molar-refractivity contribution in [3.63, 3.8) is 0 Å². The number of benzene rings is 1. The van der Waals surface area contributed by atoms with Gasteiger partial charge in [-0.3, -0.25) is 14.4 Å². The standard InChI is InChI=1S/C18H23N5OS.ClH/c1-5-13-7-6-8-15-16(13)20-18(25-15)23(12-11-21(2)3)17(24)14-9-10-19-22(14)4;/h6-10H,5,11-12H2,1-4H3;1H. The summed E-state index contributed by atoms with van der Waals surface area (Å²) in [6, 6.07) is 7.96. The highest BCUT2D eigenvalue weighted by Gasteiger charge is 2.23. The Morgan fingerprint density at radius 3 is 2.62 bits per heavy atom. The van der Waals surface area contributed by atoms with Crippen LogP contribution in [-0.2, 0) is 13.5 Å². The maximum Gasteiger partial charge on any atom is 0.278 e. The zero-order valence-electron chi connectivity index (χ0n) is 15.5. The maximum atomic E-state index is 13.1. The van der Waals surface area contributed by atoms with Crippen molar-refractivity contribution in [2.45, 2.75) is 13.3 Å². The van der Waals surface area contributed by atoms with Crippen molar-refractivity contribution in [1.82, 2.24) is 19.7 Å². The number of aromatic nitrogens is 3. The molecule has 140 valence electrons. The van der Waals surface area contributed by atoms with Gasteiger partial charge < -0.3 is 4.90 Å². The molecule has 0 fully saturated rings. The molecule has 0 unspecified atom stereocenters. The fourth-order valence-corrected chi connectivity index (χ4v) is 3.74. The van der Waals surface area contributed by atoms with Crippen molar-refractivity contribution in [3.8, 4) is 0 Å². The zero-order valence-corrected chi connectivity index (χ0v) is 17.1. The van der Waals surface area contributed by atoms with E-state index in [1.807, 2.05) is 14.1 Å². The van der Waals surface area contributed by atoms with Crippen LogP contribution in [0.25, 0.3) is 10.2 Å². The quantitative estimate of drug-likeness (QED) is 0.645. The van der Waals surface area contributed by atoms with E-state index >= 15 is 0 Å². The highest BCUT2D eigenvalue weighted by atomic mass is 35.5. The molecule has 0 radical (unpaired) electrons. The summed E-state index contributed by atoms with van der Waals surface area (Å²) in [4.78, 5) is 21.7. The third-order valence-electron chi connectivity index (χ3n) is 4.16. The molecule has 0 bridgehead atoms. The van der Waals surface area contributed by atoms with Gasteiger partial charge in [0.25, 0.3) is 5.91 Å². The molecular weight excluding hydrogens is 370 g/mol. The van der Waals surface area contributed by atoms with Crippen LogP contribution in [0.2, 0.25) is 0 Å². The zero-order chi connectivity index (χ0) is 18.0.